The second kappa shape index (κ2) is 9.92. The number of hydrogen-bond acceptors (Lipinski definition) is 3. The Balaban J connectivity index is 1.92. The molecule has 2 aromatic rings. The van der Waals surface area contributed by atoms with Gasteiger partial charge in [0.15, 0.2) is 0 Å². The summed E-state index contributed by atoms with van der Waals surface area (Å²) in [6.07, 6.45) is 4.16. The molecule has 0 bridgehead atoms. The third-order valence-electron chi connectivity index (χ3n) is 4.05. The van der Waals surface area contributed by atoms with Gasteiger partial charge in [0, 0.05) is 36.9 Å². The summed E-state index contributed by atoms with van der Waals surface area (Å²) >= 11 is 5.86. The lowest BCUT2D eigenvalue weighted by Gasteiger charge is -2.16. The van der Waals surface area contributed by atoms with Gasteiger partial charge < -0.3 is 10.2 Å². The van der Waals surface area contributed by atoms with Crippen LogP contribution in [0.25, 0.3) is 0 Å². The van der Waals surface area contributed by atoms with Crippen LogP contribution in [-0.2, 0) is 6.42 Å². The molecule has 0 radical (unpaired) electrons. The van der Waals surface area contributed by atoms with Crippen molar-refractivity contribution in [1.82, 2.24) is 15.2 Å². The zero-order valence-electron chi connectivity index (χ0n) is 15.2. The standard InChI is InChI=1S/C20H24ClN3O2/c1-3-4-13-24(2)20(26)16-10-12-22-18(14-16)19(25)23-11-9-15-5-7-17(21)8-6-15/h5-8,10,12,14H,3-4,9,11,13H2,1-2H3,(H,23,25). The lowest BCUT2D eigenvalue weighted by Crippen LogP contribution is -2.29. The number of nitrogens with zero attached hydrogens (tertiary/aromatic N) is 2. The third kappa shape index (κ3) is 5.85. The Hall–Kier alpha value is -2.40. The summed E-state index contributed by atoms with van der Waals surface area (Å²) in [6.45, 7) is 3.26. The highest BCUT2D eigenvalue weighted by molar-refractivity contribution is 6.30. The minimum absolute atomic E-state index is 0.101. The average Bonchev–Trinajstić information content (AvgIpc) is 2.67. The highest BCUT2D eigenvalue weighted by atomic mass is 35.5. The van der Waals surface area contributed by atoms with E-state index < -0.39 is 0 Å². The number of pyridine rings is 1. The van der Waals surface area contributed by atoms with Crippen molar-refractivity contribution in [3.8, 4) is 0 Å². The van der Waals surface area contributed by atoms with Crippen LogP contribution in [0.2, 0.25) is 5.02 Å². The maximum atomic E-state index is 12.4. The average molecular weight is 374 g/mol. The fourth-order valence-corrected chi connectivity index (χ4v) is 2.59. The highest BCUT2D eigenvalue weighted by Gasteiger charge is 2.14. The fraction of sp³-hybridized carbons (Fsp3) is 0.350. The van der Waals surface area contributed by atoms with Crippen LogP contribution in [0.1, 0.15) is 46.2 Å². The van der Waals surface area contributed by atoms with E-state index >= 15 is 0 Å². The summed E-state index contributed by atoms with van der Waals surface area (Å²) in [5.74, 6) is -0.388. The maximum absolute atomic E-state index is 12.4. The molecule has 26 heavy (non-hydrogen) atoms. The van der Waals surface area contributed by atoms with Crippen LogP contribution in [0.5, 0.6) is 0 Å². The number of carbonyl (C=O) groups excluding carboxylic acids is 2. The van der Waals surface area contributed by atoms with E-state index in [2.05, 4.69) is 17.2 Å². The number of unbranched alkanes of at least 4 members (excludes halogenated alkanes) is 1. The molecule has 0 aliphatic carbocycles. The molecular weight excluding hydrogens is 350 g/mol. The first-order chi connectivity index (χ1) is 12.5. The Kier molecular flexibility index (Phi) is 7.60. The van der Waals surface area contributed by atoms with Crippen molar-refractivity contribution in [3.63, 3.8) is 0 Å². The van der Waals surface area contributed by atoms with Crippen LogP contribution in [0.4, 0.5) is 0 Å². The molecule has 1 heterocycles. The molecule has 6 heteroatoms. The number of amides is 2. The summed E-state index contributed by atoms with van der Waals surface area (Å²) < 4.78 is 0. The van der Waals surface area contributed by atoms with Crippen LogP contribution >= 0.6 is 11.6 Å². The molecule has 138 valence electrons. The molecule has 1 aromatic carbocycles. The van der Waals surface area contributed by atoms with Crippen molar-refractivity contribution in [2.75, 3.05) is 20.1 Å². The van der Waals surface area contributed by atoms with Crippen molar-refractivity contribution >= 4 is 23.4 Å². The van der Waals surface area contributed by atoms with Crippen molar-refractivity contribution in [2.45, 2.75) is 26.2 Å². The van der Waals surface area contributed by atoms with Crippen LogP contribution in [-0.4, -0.2) is 41.8 Å². The molecule has 0 fully saturated rings. The number of aromatic nitrogens is 1. The van der Waals surface area contributed by atoms with E-state index in [1.165, 1.54) is 6.20 Å². The zero-order valence-corrected chi connectivity index (χ0v) is 15.9. The van der Waals surface area contributed by atoms with Crippen LogP contribution in [0.3, 0.4) is 0 Å². The quantitative estimate of drug-likeness (QED) is 0.769. The van der Waals surface area contributed by atoms with Gasteiger partial charge in [-0.1, -0.05) is 37.1 Å². The molecular formula is C20H24ClN3O2. The van der Waals surface area contributed by atoms with E-state index in [0.29, 0.717) is 30.1 Å². The topological polar surface area (TPSA) is 62.3 Å². The molecule has 0 atom stereocenters. The van der Waals surface area contributed by atoms with Gasteiger partial charge in [-0.25, -0.2) is 0 Å². The second-order valence-corrected chi connectivity index (χ2v) is 6.58. The number of carbonyl (C=O) groups is 2. The molecule has 0 saturated carbocycles. The molecule has 0 spiro atoms. The second-order valence-electron chi connectivity index (χ2n) is 6.14. The first-order valence-corrected chi connectivity index (χ1v) is 9.13. The molecule has 0 unspecified atom stereocenters. The van der Waals surface area contributed by atoms with Gasteiger partial charge in [0.05, 0.1) is 0 Å². The van der Waals surface area contributed by atoms with Crippen LogP contribution < -0.4 is 5.32 Å². The molecule has 2 amide bonds. The van der Waals surface area contributed by atoms with Crippen molar-refractivity contribution in [3.05, 3.63) is 64.4 Å². The predicted molar refractivity (Wildman–Crippen MR) is 104 cm³/mol. The van der Waals surface area contributed by atoms with Crippen LogP contribution in [0.15, 0.2) is 42.6 Å². The summed E-state index contributed by atoms with van der Waals surface area (Å²) in [4.78, 5) is 30.4. The van der Waals surface area contributed by atoms with Crippen molar-refractivity contribution in [2.24, 2.45) is 0 Å². The van der Waals surface area contributed by atoms with Gasteiger partial charge in [-0.05, 0) is 42.7 Å². The first kappa shape index (κ1) is 19.9. The normalized spacial score (nSPS) is 10.4. The summed E-state index contributed by atoms with van der Waals surface area (Å²) in [5, 5.41) is 3.52. The van der Waals surface area contributed by atoms with E-state index in [1.54, 1.807) is 24.1 Å². The number of rotatable bonds is 8. The van der Waals surface area contributed by atoms with Crippen LogP contribution in [0, 0.1) is 0 Å². The van der Waals surface area contributed by atoms with Gasteiger partial charge in [0.1, 0.15) is 5.69 Å². The van der Waals surface area contributed by atoms with Crippen molar-refractivity contribution < 1.29 is 9.59 Å². The molecule has 1 aromatic heterocycles. The number of halogens is 1. The number of nitrogens with one attached hydrogen (secondary N) is 1. The first-order valence-electron chi connectivity index (χ1n) is 8.75. The molecule has 5 nitrogen and oxygen atoms in total. The smallest absolute Gasteiger partial charge is 0.269 e. The molecule has 2 rings (SSSR count). The Labute approximate surface area is 159 Å². The highest BCUT2D eigenvalue weighted by Crippen LogP contribution is 2.10. The molecule has 1 N–H and O–H groups in total. The molecule has 0 aliphatic rings. The SMILES string of the molecule is CCCCN(C)C(=O)c1ccnc(C(=O)NCCc2ccc(Cl)cc2)c1. The van der Waals surface area contributed by atoms with E-state index in [-0.39, 0.29) is 17.5 Å². The number of hydrogen-bond donors (Lipinski definition) is 1. The van der Waals surface area contributed by atoms with Gasteiger partial charge in [0.25, 0.3) is 11.8 Å². The van der Waals surface area contributed by atoms with E-state index in [4.69, 9.17) is 11.6 Å². The lowest BCUT2D eigenvalue weighted by molar-refractivity contribution is 0.0793. The minimum atomic E-state index is -0.287. The van der Waals surface area contributed by atoms with E-state index in [9.17, 15) is 9.59 Å². The molecule has 0 aliphatic heterocycles. The third-order valence-corrected chi connectivity index (χ3v) is 4.30. The Morgan fingerprint density at radius 3 is 2.62 bits per heavy atom. The van der Waals surface area contributed by atoms with Gasteiger partial charge in [-0.3, -0.25) is 14.6 Å². The summed E-state index contributed by atoms with van der Waals surface area (Å²) in [6, 6.07) is 10.7. The zero-order chi connectivity index (χ0) is 18.9. The molecule has 0 saturated heterocycles. The van der Waals surface area contributed by atoms with Gasteiger partial charge >= 0.3 is 0 Å². The van der Waals surface area contributed by atoms with Crippen molar-refractivity contribution in [1.29, 1.82) is 0 Å². The van der Waals surface area contributed by atoms with Gasteiger partial charge in [-0.2, -0.15) is 0 Å². The Bertz CT molecular complexity index is 747. The Morgan fingerprint density at radius 2 is 1.92 bits per heavy atom. The van der Waals surface area contributed by atoms with Gasteiger partial charge in [0.2, 0.25) is 0 Å². The van der Waals surface area contributed by atoms with Gasteiger partial charge in [-0.15, -0.1) is 0 Å². The predicted octanol–water partition coefficient (Wildman–Crippen LogP) is 3.58. The van der Waals surface area contributed by atoms with E-state index in [1.807, 2.05) is 24.3 Å². The number of benzene rings is 1. The maximum Gasteiger partial charge on any atom is 0.269 e. The minimum Gasteiger partial charge on any atom is -0.350 e. The monoisotopic (exact) mass is 373 g/mol. The van der Waals surface area contributed by atoms with E-state index in [0.717, 1.165) is 18.4 Å². The fourth-order valence-electron chi connectivity index (χ4n) is 2.47. The summed E-state index contributed by atoms with van der Waals surface area (Å²) in [7, 11) is 1.77. The summed E-state index contributed by atoms with van der Waals surface area (Å²) in [5.41, 5.74) is 1.81. The Morgan fingerprint density at radius 1 is 1.19 bits per heavy atom. The lowest BCUT2D eigenvalue weighted by atomic mass is 10.1. The largest absolute Gasteiger partial charge is 0.350 e.